The highest BCUT2D eigenvalue weighted by Crippen LogP contribution is 2.45. The largest absolute Gasteiger partial charge is 0.372 e. The molecule has 4 aromatic rings. The molecule has 0 unspecified atom stereocenters. The molecule has 2 nitrogen and oxygen atoms in total. The monoisotopic (exact) mass is 519 g/mol. The van der Waals surface area contributed by atoms with E-state index in [4.69, 9.17) is 11.6 Å². The molecule has 0 saturated carbocycles. The fraction of sp³-hybridized carbons (Fsp3) is 0.229. The van der Waals surface area contributed by atoms with E-state index in [9.17, 15) is 0 Å². The van der Waals surface area contributed by atoms with E-state index in [0.29, 0.717) is 0 Å². The van der Waals surface area contributed by atoms with Gasteiger partial charge in [0.1, 0.15) is 7.05 Å². The van der Waals surface area contributed by atoms with Gasteiger partial charge in [-0.05, 0) is 73.7 Å². The van der Waals surface area contributed by atoms with E-state index in [2.05, 4.69) is 140 Å². The summed E-state index contributed by atoms with van der Waals surface area (Å²) in [5.41, 5.74) is 8.64. The average molecular weight is 520 g/mol. The van der Waals surface area contributed by atoms with Gasteiger partial charge in [-0.2, -0.15) is 4.58 Å². The molecule has 0 spiro atoms. The Morgan fingerprint density at radius 1 is 0.737 bits per heavy atom. The van der Waals surface area contributed by atoms with Crippen LogP contribution in [0.25, 0.3) is 6.08 Å². The normalized spacial score (nSPS) is 14.2. The second-order valence-corrected chi connectivity index (χ2v) is 10.5. The fourth-order valence-electron chi connectivity index (χ4n) is 5.93. The van der Waals surface area contributed by atoms with Gasteiger partial charge >= 0.3 is 0 Å². The van der Waals surface area contributed by atoms with Gasteiger partial charge in [-0.25, -0.2) is 0 Å². The lowest BCUT2D eigenvalue weighted by Crippen LogP contribution is -2.38. The van der Waals surface area contributed by atoms with Gasteiger partial charge in [0.25, 0.3) is 0 Å². The summed E-state index contributed by atoms with van der Waals surface area (Å²) in [5, 5.41) is 0.778. The van der Waals surface area contributed by atoms with Gasteiger partial charge in [0.15, 0.2) is 5.71 Å². The number of benzene rings is 4. The standard InChI is InChI=1S/C35H36ClN2/c1-4-38(5-2)31-20-16-27(17-21-31)18-23-34-35(25-28-12-8-6-9-13-28,26-29-14-10-7-11-15-29)32-24-30(36)19-22-33(32)37(34)3/h6-24H,4-5,25-26H2,1-3H3/q+1. The number of fused-ring (bicyclic) bond motifs is 1. The first-order valence-electron chi connectivity index (χ1n) is 13.6. The van der Waals surface area contributed by atoms with Crippen molar-refractivity contribution in [2.45, 2.75) is 32.1 Å². The van der Waals surface area contributed by atoms with Crippen molar-refractivity contribution in [2.24, 2.45) is 0 Å². The lowest BCUT2D eigenvalue weighted by Gasteiger charge is -2.28. The predicted octanol–water partition coefficient (Wildman–Crippen LogP) is 8.35. The molecule has 0 amide bonds. The highest BCUT2D eigenvalue weighted by Gasteiger charge is 2.50. The van der Waals surface area contributed by atoms with E-state index in [-0.39, 0.29) is 5.41 Å². The summed E-state index contributed by atoms with van der Waals surface area (Å²) >= 11 is 6.64. The zero-order valence-corrected chi connectivity index (χ0v) is 23.3. The number of allylic oxidation sites excluding steroid dienone is 1. The van der Waals surface area contributed by atoms with Crippen LogP contribution in [0, 0.1) is 0 Å². The molecule has 1 aliphatic heterocycles. The van der Waals surface area contributed by atoms with E-state index in [1.807, 2.05) is 6.07 Å². The Hall–Kier alpha value is -3.62. The summed E-state index contributed by atoms with van der Waals surface area (Å²) in [4.78, 5) is 2.37. The Morgan fingerprint density at radius 3 is 1.87 bits per heavy atom. The second kappa shape index (κ2) is 11.4. The van der Waals surface area contributed by atoms with E-state index in [1.54, 1.807) is 0 Å². The van der Waals surface area contributed by atoms with Crippen LogP contribution in [0.5, 0.6) is 0 Å². The lowest BCUT2D eigenvalue weighted by molar-refractivity contribution is -0.401. The van der Waals surface area contributed by atoms with Crippen molar-refractivity contribution in [3.05, 3.63) is 136 Å². The molecule has 1 aliphatic rings. The quantitative estimate of drug-likeness (QED) is 0.201. The molecule has 0 bridgehead atoms. The Bertz CT molecular complexity index is 1390. The van der Waals surface area contributed by atoms with Crippen LogP contribution < -0.4 is 4.90 Å². The second-order valence-electron chi connectivity index (χ2n) is 10.1. The van der Waals surface area contributed by atoms with Crippen molar-refractivity contribution in [3.8, 4) is 0 Å². The van der Waals surface area contributed by atoms with Gasteiger partial charge in [0.05, 0.1) is 5.41 Å². The van der Waals surface area contributed by atoms with Gasteiger partial charge in [-0.3, -0.25) is 0 Å². The van der Waals surface area contributed by atoms with E-state index >= 15 is 0 Å². The maximum absolute atomic E-state index is 6.64. The first kappa shape index (κ1) is 26.0. The first-order valence-corrected chi connectivity index (χ1v) is 13.9. The molecular formula is C35H36ClN2+. The van der Waals surface area contributed by atoms with Crippen LogP contribution in [-0.4, -0.2) is 30.4 Å². The molecule has 3 heteroatoms. The number of nitrogens with zero attached hydrogens (tertiary/aromatic N) is 2. The summed E-state index contributed by atoms with van der Waals surface area (Å²) in [7, 11) is 2.19. The molecule has 192 valence electrons. The van der Waals surface area contributed by atoms with Crippen LogP contribution in [-0.2, 0) is 18.3 Å². The minimum Gasteiger partial charge on any atom is -0.372 e. The summed E-state index contributed by atoms with van der Waals surface area (Å²) in [6.07, 6.45) is 6.37. The molecule has 0 saturated heterocycles. The molecule has 0 atom stereocenters. The van der Waals surface area contributed by atoms with Crippen LogP contribution in [0.2, 0.25) is 5.02 Å². The number of hydrogen-bond donors (Lipinski definition) is 0. The third-order valence-corrected chi connectivity index (χ3v) is 8.08. The number of hydrogen-bond acceptors (Lipinski definition) is 1. The van der Waals surface area contributed by atoms with Gasteiger partial charge < -0.3 is 4.90 Å². The fourth-order valence-corrected chi connectivity index (χ4v) is 6.10. The molecule has 0 N–H and O–H groups in total. The average Bonchev–Trinajstić information content (AvgIpc) is 3.16. The molecule has 38 heavy (non-hydrogen) atoms. The van der Waals surface area contributed by atoms with Crippen molar-refractivity contribution < 1.29 is 4.58 Å². The number of rotatable bonds is 9. The Kier molecular flexibility index (Phi) is 7.81. The van der Waals surface area contributed by atoms with Crippen molar-refractivity contribution in [2.75, 3.05) is 25.0 Å². The minimum absolute atomic E-state index is 0.255. The zero-order valence-electron chi connectivity index (χ0n) is 22.6. The summed E-state index contributed by atoms with van der Waals surface area (Å²) < 4.78 is 2.36. The summed E-state index contributed by atoms with van der Waals surface area (Å²) in [6, 6.07) is 36.9. The molecule has 0 radical (unpaired) electrons. The van der Waals surface area contributed by atoms with Crippen LogP contribution in [0.4, 0.5) is 11.4 Å². The lowest BCUT2D eigenvalue weighted by atomic mass is 9.69. The third kappa shape index (κ3) is 5.19. The Labute approximate surface area is 232 Å². The van der Waals surface area contributed by atoms with Gasteiger partial charge in [0.2, 0.25) is 5.69 Å². The Balaban J connectivity index is 1.62. The van der Waals surface area contributed by atoms with Gasteiger partial charge in [-0.1, -0.05) is 84.4 Å². The molecule has 0 aliphatic carbocycles. The smallest absolute Gasteiger partial charge is 0.209 e. The SMILES string of the molecule is CCN(CC)c1ccc(C=CC2=[N+](C)c3ccc(Cl)cc3C2(Cc2ccccc2)Cc2ccccc2)cc1. The molecule has 0 aromatic heterocycles. The highest BCUT2D eigenvalue weighted by atomic mass is 35.5. The van der Waals surface area contributed by atoms with Crippen LogP contribution in [0.1, 0.15) is 36.1 Å². The van der Waals surface area contributed by atoms with Crippen molar-refractivity contribution in [1.82, 2.24) is 0 Å². The molecular weight excluding hydrogens is 484 g/mol. The van der Waals surface area contributed by atoms with Gasteiger partial charge in [0, 0.05) is 41.5 Å². The maximum Gasteiger partial charge on any atom is 0.209 e. The van der Waals surface area contributed by atoms with Crippen molar-refractivity contribution in [1.29, 1.82) is 0 Å². The van der Waals surface area contributed by atoms with Crippen LogP contribution in [0.15, 0.2) is 109 Å². The molecule has 4 aromatic carbocycles. The van der Waals surface area contributed by atoms with Crippen molar-refractivity contribution >= 4 is 34.8 Å². The highest BCUT2D eigenvalue weighted by molar-refractivity contribution is 6.30. The van der Waals surface area contributed by atoms with E-state index in [0.717, 1.165) is 31.0 Å². The molecule has 0 fully saturated rings. The topological polar surface area (TPSA) is 6.25 Å². The predicted molar refractivity (Wildman–Crippen MR) is 163 cm³/mol. The maximum atomic E-state index is 6.64. The van der Waals surface area contributed by atoms with E-state index in [1.165, 1.54) is 39.3 Å². The summed E-state index contributed by atoms with van der Waals surface area (Å²) in [5.74, 6) is 0. The minimum atomic E-state index is -0.255. The Morgan fingerprint density at radius 2 is 1.32 bits per heavy atom. The van der Waals surface area contributed by atoms with Crippen LogP contribution >= 0.6 is 11.6 Å². The van der Waals surface area contributed by atoms with E-state index < -0.39 is 0 Å². The third-order valence-electron chi connectivity index (χ3n) is 7.84. The summed E-state index contributed by atoms with van der Waals surface area (Å²) in [6.45, 7) is 6.42. The number of halogens is 1. The van der Waals surface area contributed by atoms with Crippen molar-refractivity contribution in [3.63, 3.8) is 0 Å². The molecule has 1 heterocycles. The van der Waals surface area contributed by atoms with Crippen LogP contribution in [0.3, 0.4) is 0 Å². The van der Waals surface area contributed by atoms with Gasteiger partial charge in [-0.15, -0.1) is 0 Å². The first-order chi connectivity index (χ1) is 18.5. The zero-order chi connectivity index (χ0) is 26.5. The number of anilines is 1. The molecule has 5 rings (SSSR count).